The largest absolute Gasteiger partial charge is 0.338 e. The number of nitrogens with one attached hydrogen (secondary N) is 2. The van der Waals surface area contributed by atoms with E-state index in [1.165, 1.54) is 0 Å². The van der Waals surface area contributed by atoms with Crippen LogP contribution in [0.2, 0.25) is 5.02 Å². The number of aryl methyl sites for hydroxylation is 2. The van der Waals surface area contributed by atoms with Gasteiger partial charge in [-0.2, -0.15) is 5.10 Å². The van der Waals surface area contributed by atoms with Crippen LogP contribution >= 0.6 is 11.6 Å². The van der Waals surface area contributed by atoms with Crippen molar-refractivity contribution in [3.05, 3.63) is 47.2 Å². The van der Waals surface area contributed by atoms with Gasteiger partial charge in [-0.3, -0.25) is 4.68 Å². The van der Waals surface area contributed by atoms with Gasteiger partial charge in [0, 0.05) is 35.7 Å². The van der Waals surface area contributed by atoms with Gasteiger partial charge >= 0.3 is 6.03 Å². The molecule has 0 spiro atoms. The standard InChI is InChI=1S/C14H17ClN4O/c1-11-6-8-17-19(11)9-3-7-16-14(20)18-13-5-2-4-12(15)10-13/h2,4-6,8,10H,3,7,9H2,1H3,(H2,16,18,20). The molecule has 5 nitrogen and oxygen atoms in total. The second kappa shape index (κ2) is 6.96. The van der Waals surface area contributed by atoms with Gasteiger partial charge in [0.2, 0.25) is 0 Å². The minimum atomic E-state index is -0.232. The fraction of sp³-hybridized carbons (Fsp3) is 0.286. The van der Waals surface area contributed by atoms with Crippen LogP contribution in [0.1, 0.15) is 12.1 Å². The molecule has 106 valence electrons. The molecular formula is C14H17ClN4O. The van der Waals surface area contributed by atoms with Crippen molar-refractivity contribution in [2.75, 3.05) is 11.9 Å². The third-order valence-electron chi connectivity index (χ3n) is 2.84. The molecule has 2 aromatic rings. The number of urea groups is 1. The summed E-state index contributed by atoms with van der Waals surface area (Å²) in [7, 11) is 0. The topological polar surface area (TPSA) is 59.0 Å². The van der Waals surface area contributed by atoms with Crippen LogP contribution in [0.15, 0.2) is 36.5 Å². The number of anilines is 1. The lowest BCUT2D eigenvalue weighted by Crippen LogP contribution is -2.30. The van der Waals surface area contributed by atoms with E-state index in [1.807, 2.05) is 17.7 Å². The third kappa shape index (κ3) is 4.28. The number of rotatable bonds is 5. The molecule has 0 aliphatic rings. The molecule has 0 unspecified atom stereocenters. The van der Waals surface area contributed by atoms with Crippen LogP contribution < -0.4 is 10.6 Å². The van der Waals surface area contributed by atoms with Crippen LogP contribution in [0.3, 0.4) is 0 Å². The zero-order valence-electron chi connectivity index (χ0n) is 11.3. The number of halogens is 1. The molecule has 0 bridgehead atoms. The van der Waals surface area contributed by atoms with Gasteiger partial charge in [-0.15, -0.1) is 0 Å². The van der Waals surface area contributed by atoms with Gasteiger partial charge in [0.1, 0.15) is 0 Å². The Morgan fingerprint density at radius 3 is 2.95 bits per heavy atom. The summed E-state index contributed by atoms with van der Waals surface area (Å²) >= 11 is 5.85. The molecule has 1 heterocycles. The van der Waals surface area contributed by atoms with Gasteiger partial charge in [-0.25, -0.2) is 4.79 Å². The highest BCUT2D eigenvalue weighted by atomic mass is 35.5. The summed E-state index contributed by atoms with van der Waals surface area (Å²) in [5.74, 6) is 0. The number of nitrogens with zero attached hydrogens (tertiary/aromatic N) is 2. The van der Waals surface area contributed by atoms with E-state index in [0.717, 1.165) is 18.7 Å². The van der Waals surface area contributed by atoms with Gasteiger partial charge in [0.05, 0.1) is 0 Å². The Balaban J connectivity index is 1.69. The summed E-state index contributed by atoms with van der Waals surface area (Å²) in [5, 5.41) is 10.3. The predicted octanol–water partition coefficient (Wildman–Crippen LogP) is 3.06. The summed E-state index contributed by atoms with van der Waals surface area (Å²) in [6, 6.07) is 8.77. The Hall–Kier alpha value is -2.01. The van der Waals surface area contributed by atoms with E-state index in [-0.39, 0.29) is 6.03 Å². The molecule has 0 saturated carbocycles. The molecule has 2 N–H and O–H groups in total. The number of amides is 2. The van der Waals surface area contributed by atoms with Crippen LogP contribution in [0.5, 0.6) is 0 Å². The molecule has 6 heteroatoms. The first-order chi connectivity index (χ1) is 9.65. The fourth-order valence-electron chi connectivity index (χ4n) is 1.81. The van der Waals surface area contributed by atoms with Crippen LogP contribution in [-0.2, 0) is 6.54 Å². The lowest BCUT2D eigenvalue weighted by molar-refractivity contribution is 0.251. The number of benzene rings is 1. The maximum atomic E-state index is 11.7. The van der Waals surface area contributed by atoms with Gasteiger partial charge in [-0.1, -0.05) is 17.7 Å². The average Bonchev–Trinajstić information content (AvgIpc) is 2.80. The van der Waals surface area contributed by atoms with E-state index in [2.05, 4.69) is 15.7 Å². The summed E-state index contributed by atoms with van der Waals surface area (Å²) in [6.07, 6.45) is 2.60. The number of carbonyl (C=O) groups excluding carboxylic acids is 1. The number of carbonyl (C=O) groups is 1. The van der Waals surface area contributed by atoms with Crippen molar-refractivity contribution in [1.29, 1.82) is 0 Å². The molecule has 0 radical (unpaired) electrons. The molecule has 2 amide bonds. The van der Waals surface area contributed by atoms with E-state index in [4.69, 9.17) is 11.6 Å². The van der Waals surface area contributed by atoms with Crippen LogP contribution in [0, 0.1) is 6.92 Å². The lowest BCUT2D eigenvalue weighted by Gasteiger charge is -2.08. The van der Waals surface area contributed by atoms with E-state index >= 15 is 0 Å². The van der Waals surface area contributed by atoms with Crippen molar-refractivity contribution < 1.29 is 4.79 Å². The monoisotopic (exact) mass is 292 g/mol. The fourth-order valence-corrected chi connectivity index (χ4v) is 2.00. The van der Waals surface area contributed by atoms with E-state index in [0.29, 0.717) is 17.3 Å². The summed E-state index contributed by atoms with van der Waals surface area (Å²) in [5.41, 5.74) is 1.80. The quantitative estimate of drug-likeness (QED) is 0.832. The molecular weight excluding hydrogens is 276 g/mol. The van der Waals surface area contributed by atoms with Gasteiger partial charge in [-0.05, 0) is 37.6 Å². The second-order valence-corrected chi connectivity index (χ2v) is 4.88. The van der Waals surface area contributed by atoms with E-state index < -0.39 is 0 Å². The van der Waals surface area contributed by atoms with Crippen LogP contribution in [0.4, 0.5) is 10.5 Å². The minimum absolute atomic E-state index is 0.232. The zero-order valence-corrected chi connectivity index (χ0v) is 12.0. The second-order valence-electron chi connectivity index (χ2n) is 4.44. The molecule has 0 aliphatic carbocycles. The Bertz CT molecular complexity index is 582. The van der Waals surface area contributed by atoms with Gasteiger partial charge < -0.3 is 10.6 Å². The van der Waals surface area contributed by atoms with Crippen molar-refractivity contribution in [1.82, 2.24) is 15.1 Å². The first-order valence-corrected chi connectivity index (χ1v) is 6.82. The normalized spacial score (nSPS) is 10.3. The van der Waals surface area contributed by atoms with Crippen LogP contribution in [0.25, 0.3) is 0 Å². The third-order valence-corrected chi connectivity index (χ3v) is 3.08. The number of hydrogen-bond acceptors (Lipinski definition) is 2. The van der Waals surface area contributed by atoms with Crippen LogP contribution in [-0.4, -0.2) is 22.4 Å². The van der Waals surface area contributed by atoms with Crippen molar-refractivity contribution in [2.24, 2.45) is 0 Å². The highest BCUT2D eigenvalue weighted by Crippen LogP contribution is 2.14. The molecule has 1 aromatic heterocycles. The van der Waals surface area contributed by atoms with Gasteiger partial charge in [0.25, 0.3) is 0 Å². The Kier molecular flexibility index (Phi) is 5.01. The van der Waals surface area contributed by atoms with E-state index in [1.54, 1.807) is 30.5 Å². The summed E-state index contributed by atoms with van der Waals surface area (Å²) in [6.45, 7) is 3.38. The maximum Gasteiger partial charge on any atom is 0.319 e. The molecule has 20 heavy (non-hydrogen) atoms. The average molecular weight is 293 g/mol. The molecule has 0 fully saturated rings. The SMILES string of the molecule is Cc1ccnn1CCCNC(=O)Nc1cccc(Cl)c1. The highest BCUT2D eigenvalue weighted by molar-refractivity contribution is 6.30. The first-order valence-electron chi connectivity index (χ1n) is 6.44. The first kappa shape index (κ1) is 14.4. The van der Waals surface area contributed by atoms with Crippen molar-refractivity contribution in [3.63, 3.8) is 0 Å². The maximum absolute atomic E-state index is 11.7. The molecule has 0 saturated heterocycles. The van der Waals surface area contributed by atoms with Gasteiger partial charge in [0.15, 0.2) is 0 Å². The lowest BCUT2D eigenvalue weighted by atomic mass is 10.3. The Morgan fingerprint density at radius 2 is 2.25 bits per heavy atom. The van der Waals surface area contributed by atoms with Crippen molar-refractivity contribution in [2.45, 2.75) is 19.9 Å². The number of aromatic nitrogens is 2. The molecule has 1 aromatic carbocycles. The van der Waals surface area contributed by atoms with E-state index in [9.17, 15) is 4.79 Å². The summed E-state index contributed by atoms with van der Waals surface area (Å²) < 4.78 is 1.91. The Morgan fingerprint density at radius 1 is 1.40 bits per heavy atom. The zero-order chi connectivity index (χ0) is 14.4. The Labute approximate surface area is 122 Å². The highest BCUT2D eigenvalue weighted by Gasteiger charge is 2.02. The molecule has 0 atom stereocenters. The van der Waals surface area contributed by atoms with Crippen molar-refractivity contribution >= 4 is 23.3 Å². The van der Waals surface area contributed by atoms with Crippen molar-refractivity contribution in [3.8, 4) is 0 Å². The predicted molar refractivity (Wildman–Crippen MR) is 80.1 cm³/mol. The number of hydrogen-bond donors (Lipinski definition) is 2. The molecule has 2 rings (SSSR count). The molecule has 0 aliphatic heterocycles. The smallest absolute Gasteiger partial charge is 0.319 e. The minimum Gasteiger partial charge on any atom is -0.338 e. The summed E-state index contributed by atoms with van der Waals surface area (Å²) in [4.78, 5) is 11.7.